The van der Waals surface area contributed by atoms with Gasteiger partial charge >= 0.3 is 12.2 Å². The first-order valence-electron chi connectivity index (χ1n) is 9.81. The summed E-state index contributed by atoms with van der Waals surface area (Å²) >= 11 is 0. The van der Waals surface area contributed by atoms with Gasteiger partial charge < -0.3 is 9.47 Å². The largest absolute Gasteiger partial charge is 0.447 e. The third kappa shape index (κ3) is 3.92. The van der Waals surface area contributed by atoms with Gasteiger partial charge in [0.1, 0.15) is 19.4 Å². The first kappa shape index (κ1) is 20.3. The van der Waals surface area contributed by atoms with Crippen molar-refractivity contribution >= 4 is 24.2 Å². The maximum atomic E-state index is 12.9. The van der Waals surface area contributed by atoms with E-state index in [1.807, 2.05) is 36.4 Å². The number of pyridine rings is 1. The summed E-state index contributed by atoms with van der Waals surface area (Å²) in [6.07, 6.45) is 5.85. The van der Waals surface area contributed by atoms with E-state index in [0.717, 1.165) is 16.0 Å². The van der Waals surface area contributed by atoms with E-state index < -0.39 is 36.2 Å². The summed E-state index contributed by atoms with van der Waals surface area (Å²) in [6.45, 7) is 3.59. The molecular formula is C23H21N3O5. The maximum absolute atomic E-state index is 12.9. The van der Waals surface area contributed by atoms with Gasteiger partial charge in [-0.25, -0.2) is 14.5 Å². The number of amides is 3. The number of aromatic nitrogens is 1. The molecule has 4 rings (SSSR count). The molecule has 2 aromatic rings. The number of carbonyl (C=O) groups excluding carboxylic acids is 3. The summed E-state index contributed by atoms with van der Waals surface area (Å²) in [5, 5.41) is 0. The number of ether oxygens (including phenoxy) is 2. The average molecular weight is 419 g/mol. The Morgan fingerprint density at radius 1 is 1.23 bits per heavy atom. The molecule has 1 aromatic carbocycles. The number of nitrogens with zero attached hydrogens (tertiary/aromatic N) is 3. The molecule has 3 heterocycles. The van der Waals surface area contributed by atoms with E-state index >= 15 is 0 Å². The van der Waals surface area contributed by atoms with E-state index in [1.54, 1.807) is 30.6 Å². The predicted molar refractivity (Wildman–Crippen MR) is 111 cm³/mol. The van der Waals surface area contributed by atoms with Crippen LogP contribution in [0.1, 0.15) is 17.2 Å². The summed E-state index contributed by atoms with van der Waals surface area (Å²) in [5.41, 5.74) is 1.65. The second-order valence-electron chi connectivity index (χ2n) is 7.07. The van der Waals surface area contributed by atoms with Crippen LogP contribution in [0.2, 0.25) is 0 Å². The van der Waals surface area contributed by atoms with Gasteiger partial charge in [-0.05, 0) is 17.2 Å². The van der Waals surface area contributed by atoms with Gasteiger partial charge in [0.2, 0.25) is 5.91 Å². The zero-order valence-corrected chi connectivity index (χ0v) is 16.7. The molecule has 3 amide bonds. The molecular weight excluding hydrogens is 398 g/mol. The minimum atomic E-state index is -0.863. The van der Waals surface area contributed by atoms with Crippen LogP contribution in [-0.4, -0.2) is 52.3 Å². The molecule has 0 spiro atoms. The van der Waals surface area contributed by atoms with Gasteiger partial charge in [0.15, 0.2) is 0 Å². The molecule has 2 aliphatic rings. The summed E-state index contributed by atoms with van der Waals surface area (Å²) < 4.78 is 10.4. The van der Waals surface area contributed by atoms with E-state index in [1.165, 1.54) is 11.0 Å². The van der Waals surface area contributed by atoms with Crippen LogP contribution >= 0.6 is 0 Å². The van der Waals surface area contributed by atoms with Crippen molar-refractivity contribution in [2.75, 3.05) is 13.2 Å². The molecule has 2 fully saturated rings. The van der Waals surface area contributed by atoms with Crippen LogP contribution in [0, 0.1) is 5.92 Å². The summed E-state index contributed by atoms with van der Waals surface area (Å²) in [5.74, 6) is -1.18. The highest BCUT2D eigenvalue weighted by Gasteiger charge is 2.58. The molecule has 0 bridgehead atoms. The number of benzene rings is 1. The van der Waals surface area contributed by atoms with Crippen molar-refractivity contribution in [2.24, 2.45) is 5.92 Å². The minimum Gasteiger partial charge on any atom is -0.447 e. The molecule has 0 N–H and O–H groups in total. The van der Waals surface area contributed by atoms with Crippen molar-refractivity contribution in [3.8, 4) is 0 Å². The Morgan fingerprint density at radius 2 is 2.03 bits per heavy atom. The van der Waals surface area contributed by atoms with Gasteiger partial charge in [-0.3, -0.25) is 14.7 Å². The maximum Gasteiger partial charge on any atom is 0.418 e. The number of hydrogen-bond donors (Lipinski definition) is 0. The number of carbonyl (C=O) groups is 3. The molecule has 158 valence electrons. The van der Waals surface area contributed by atoms with Gasteiger partial charge in [0.25, 0.3) is 0 Å². The average Bonchev–Trinajstić information content (AvgIpc) is 3.17. The first-order valence-corrected chi connectivity index (χ1v) is 9.81. The van der Waals surface area contributed by atoms with Gasteiger partial charge in [-0.2, -0.15) is 0 Å². The zero-order chi connectivity index (χ0) is 21.8. The van der Waals surface area contributed by atoms with Crippen LogP contribution in [-0.2, 0) is 14.3 Å². The summed E-state index contributed by atoms with van der Waals surface area (Å²) in [6, 6.07) is 12.5. The standard InChI is InChI=1S/C23H21N3O5/c1-2-13-30-23(29)26-20(18(21(26)27)11-10-16-7-6-12-24-14-16)25-19(15-31-22(25)28)17-8-4-3-5-9-17/h2-12,14,18-20H,1,13,15H2/t18-,19-,20-/m1/s1. The lowest BCUT2D eigenvalue weighted by Crippen LogP contribution is -2.69. The second kappa shape index (κ2) is 8.83. The lowest BCUT2D eigenvalue weighted by atomic mass is 9.90. The third-order valence-corrected chi connectivity index (χ3v) is 5.19. The van der Waals surface area contributed by atoms with Crippen molar-refractivity contribution in [1.82, 2.24) is 14.8 Å². The number of rotatable bonds is 6. The zero-order valence-electron chi connectivity index (χ0n) is 16.7. The van der Waals surface area contributed by atoms with Gasteiger partial charge in [-0.1, -0.05) is 61.2 Å². The number of cyclic esters (lactones) is 1. The Bertz CT molecular complexity index is 1010. The molecule has 3 atom stereocenters. The fourth-order valence-electron chi connectivity index (χ4n) is 3.72. The van der Waals surface area contributed by atoms with Crippen molar-refractivity contribution in [3.05, 3.63) is 84.7 Å². The fraction of sp³-hybridized carbons (Fsp3) is 0.217. The van der Waals surface area contributed by atoms with Crippen LogP contribution in [0.5, 0.6) is 0 Å². The van der Waals surface area contributed by atoms with E-state index in [-0.39, 0.29) is 13.2 Å². The highest BCUT2D eigenvalue weighted by molar-refractivity contribution is 6.01. The Labute approximate surface area is 179 Å². The molecule has 8 heteroatoms. The Kier molecular flexibility index (Phi) is 5.79. The summed E-state index contributed by atoms with van der Waals surface area (Å²) in [4.78, 5) is 44.5. The topological polar surface area (TPSA) is 89.0 Å². The lowest BCUT2D eigenvalue weighted by Gasteiger charge is -2.48. The Hall–Kier alpha value is -3.94. The van der Waals surface area contributed by atoms with Gasteiger partial charge in [0.05, 0.1) is 12.0 Å². The van der Waals surface area contributed by atoms with E-state index in [4.69, 9.17) is 9.47 Å². The van der Waals surface area contributed by atoms with Crippen molar-refractivity contribution in [1.29, 1.82) is 0 Å². The number of imide groups is 1. The molecule has 2 aliphatic heterocycles. The highest BCUT2D eigenvalue weighted by Crippen LogP contribution is 2.40. The molecule has 0 aliphatic carbocycles. The SMILES string of the molecule is C=CCOC(=O)N1C(=O)[C@H](C=Cc2cccnc2)[C@@H]1N1C(=O)OC[C@@H]1c1ccccc1. The molecule has 8 nitrogen and oxygen atoms in total. The monoisotopic (exact) mass is 419 g/mol. The second-order valence-corrected chi connectivity index (χ2v) is 7.07. The van der Waals surface area contributed by atoms with E-state index in [9.17, 15) is 14.4 Å². The summed E-state index contributed by atoms with van der Waals surface area (Å²) in [7, 11) is 0. The molecule has 0 saturated carbocycles. The fourth-order valence-corrected chi connectivity index (χ4v) is 3.72. The third-order valence-electron chi connectivity index (χ3n) is 5.19. The van der Waals surface area contributed by atoms with Gasteiger partial charge in [-0.15, -0.1) is 0 Å². The van der Waals surface area contributed by atoms with Crippen LogP contribution in [0.3, 0.4) is 0 Å². The highest BCUT2D eigenvalue weighted by atomic mass is 16.6. The molecule has 0 unspecified atom stereocenters. The van der Waals surface area contributed by atoms with Crippen LogP contribution in [0.15, 0.2) is 73.6 Å². The van der Waals surface area contributed by atoms with Crippen molar-refractivity contribution < 1.29 is 23.9 Å². The van der Waals surface area contributed by atoms with Crippen molar-refractivity contribution in [3.63, 3.8) is 0 Å². The first-order chi connectivity index (χ1) is 15.1. The number of likely N-dealkylation sites (tertiary alicyclic amines) is 1. The molecule has 0 radical (unpaired) electrons. The molecule has 1 aromatic heterocycles. The smallest absolute Gasteiger partial charge is 0.418 e. The number of β-lactam (4-membered cyclic amide) rings is 1. The van der Waals surface area contributed by atoms with E-state index in [0.29, 0.717) is 0 Å². The molecule has 31 heavy (non-hydrogen) atoms. The number of hydrogen-bond acceptors (Lipinski definition) is 6. The predicted octanol–water partition coefficient (Wildman–Crippen LogP) is 3.40. The Balaban J connectivity index is 1.66. The lowest BCUT2D eigenvalue weighted by molar-refractivity contribution is -0.158. The Morgan fingerprint density at radius 3 is 2.74 bits per heavy atom. The van der Waals surface area contributed by atoms with Crippen LogP contribution in [0.4, 0.5) is 9.59 Å². The normalized spacial score (nSPS) is 22.9. The van der Waals surface area contributed by atoms with Crippen molar-refractivity contribution in [2.45, 2.75) is 12.2 Å². The van der Waals surface area contributed by atoms with Gasteiger partial charge in [0, 0.05) is 12.4 Å². The van der Waals surface area contributed by atoms with Crippen LogP contribution < -0.4 is 0 Å². The van der Waals surface area contributed by atoms with Crippen LogP contribution in [0.25, 0.3) is 6.08 Å². The van der Waals surface area contributed by atoms with E-state index in [2.05, 4.69) is 11.6 Å². The quantitative estimate of drug-likeness (QED) is 0.527. The minimum absolute atomic E-state index is 0.0436. The molecule has 2 saturated heterocycles.